The van der Waals surface area contributed by atoms with Crippen molar-refractivity contribution >= 4 is 17.2 Å². The fraction of sp³-hybridized carbons (Fsp3) is 0.312. The number of hydrogen-bond acceptors (Lipinski definition) is 4. The van der Waals surface area contributed by atoms with Gasteiger partial charge in [-0.1, -0.05) is 6.07 Å². The van der Waals surface area contributed by atoms with Gasteiger partial charge in [0, 0.05) is 16.9 Å². The number of pyridine rings is 1. The highest BCUT2D eigenvalue weighted by molar-refractivity contribution is 5.69. The lowest BCUT2D eigenvalue weighted by Gasteiger charge is -2.10. The van der Waals surface area contributed by atoms with E-state index in [1.807, 2.05) is 13.0 Å². The Bertz CT molecular complexity index is 726. The zero-order valence-electron chi connectivity index (χ0n) is 12.1. The molecule has 0 saturated heterocycles. The third kappa shape index (κ3) is 2.59. The Hall–Kier alpha value is -2.43. The van der Waals surface area contributed by atoms with Crippen molar-refractivity contribution < 1.29 is 4.92 Å². The minimum atomic E-state index is -0.378. The highest BCUT2D eigenvalue weighted by atomic mass is 16.6. The van der Waals surface area contributed by atoms with E-state index in [1.54, 1.807) is 13.0 Å². The molecule has 1 aliphatic rings. The maximum atomic E-state index is 11.3. The lowest BCUT2D eigenvalue weighted by molar-refractivity contribution is -0.384. The number of benzene rings is 1. The molecule has 0 bridgehead atoms. The molecule has 0 radical (unpaired) electrons. The largest absolute Gasteiger partial charge is 0.334 e. The van der Waals surface area contributed by atoms with Crippen LogP contribution >= 0.6 is 0 Å². The first-order chi connectivity index (χ1) is 10.0. The van der Waals surface area contributed by atoms with Gasteiger partial charge in [0.1, 0.15) is 0 Å². The highest BCUT2D eigenvalue weighted by Gasteiger charge is 2.20. The molecule has 5 heteroatoms. The molecule has 0 aliphatic heterocycles. The van der Waals surface area contributed by atoms with Gasteiger partial charge in [0.25, 0.3) is 0 Å². The van der Waals surface area contributed by atoms with Crippen molar-refractivity contribution in [3.05, 3.63) is 56.8 Å². The summed E-state index contributed by atoms with van der Waals surface area (Å²) in [5.41, 5.74) is 4.99. The summed E-state index contributed by atoms with van der Waals surface area (Å²) in [6.45, 7) is 3.57. The number of aromatic nitrogens is 1. The van der Waals surface area contributed by atoms with Gasteiger partial charge < -0.3 is 5.32 Å². The lowest BCUT2D eigenvalue weighted by atomic mass is 10.1. The van der Waals surface area contributed by atoms with E-state index in [2.05, 4.69) is 22.4 Å². The Balaban J connectivity index is 1.99. The number of rotatable bonds is 3. The Morgan fingerprint density at radius 3 is 2.71 bits per heavy atom. The first-order valence-corrected chi connectivity index (χ1v) is 7.06. The van der Waals surface area contributed by atoms with Crippen molar-refractivity contribution in [3.63, 3.8) is 0 Å². The molecule has 0 unspecified atom stereocenters. The fourth-order valence-corrected chi connectivity index (χ4v) is 2.93. The van der Waals surface area contributed by atoms with Crippen molar-refractivity contribution in [1.82, 2.24) is 4.98 Å². The van der Waals surface area contributed by atoms with Gasteiger partial charge in [0.05, 0.1) is 4.92 Å². The SMILES string of the molecule is Cc1cc(C)c([N+](=O)[O-])c(Nc2ccc3c(c2)CCC3)n1. The molecule has 5 nitrogen and oxygen atoms in total. The minimum Gasteiger partial charge on any atom is -0.334 e. The normalized spacial score (nSPS) is 13.0. The number of hydrogen-bond donors (Lipinski definition) is 1. The first kappa shape index (κ1) is 13.5. The molecule has 1 aromatic carbocycles. The van der Waals surface area contributed by atoms with Crippen LogP contribution in [0.2, 0.25) is 0 Å². The summed E-state index contributed by atoms with van der Waals surface area (Å²) in [4.78, 5) is 15.2. The molecule has 3 rings (SSSR count). The zero-order chi connectivity index (χ0) is 15.0. The Labute approximate surface area is 123 Å². The maximum absolute atomic E-state index is 11.3. The summed E-state index contributed by atoms with van der Waals surface area (Å²) in [7, 11) is 0. The van der Waals surface area contributed by atoms with Crippen LogP contribution in [0.1, 0.15) is 28.8 Å². The average Bonchev–Trinajstić information content (AvgIpc) is 2.84. The fourth-order valence-electron chi connectivity index (χ4n) is 2.93. The van der Waals surface area contributed by atoms with Crippen molar-refractivity contribution in [2.24, 2.45) is 0 Å². The number of fused-ring (bicyclic) bond motifs is 1. The van der Waals surface area contributed by atoms with Crippen LogP contribution in [0, 0.1) is 24.0 Å². The van der Waals surface area contributed by atoms with Crippen LogP contribution in [0.3, 0.4) is 0 Å². The Morgan fingerprint density at radius 2 is 1.95 bits per heavy atom. The van der Waals surface area contributed by atoms with Crippen LogP contribution in [0.15, 0.2) is 24.3 Å². The molecule has 0 saturated carbocycles. The average molecular weight is 283 g/mol. The van der Waals surface area contributed by atoms with Crippen LogP contribution in [0.5, 0.6) is 0 Å². The quantitative estimate of drug-likeness (QED) is 0.686. The predicted octanol–water partition coefficient (Wildman–Crippen LogP) is 3.84. The predicted molar refractivity (Wildman–Crippen MR) is 82.1 cm³/mol. The second-order valence-electron chi connectivity index (χ2n) is 5.50. The molecule has 1 aromatic heterocycles. The summed E-state index contributed by atoms with van der Waals surface area (Å²) in [5, 5.41) is 14.4. The first-order valence-electron chi connectivity index (χ1n) is 7.06. The standard InChI is InChI=1S/C16H17N3O2/c1-10-8-11(2)17-16(15(10)19(20)21)18-14-7-6-12-4-3-5-13(12)9-14/h6-9H,3-5H2,1-2H3,(H,17,18). The van der Waals surface area contributed by atoms with Crippen molar-refractivity contribution in [2.75, 3.05) is 5.32 Å². The summed E-state index contributed by atoms with van der Waals surface area (Å²) in [6, 6.07) is 7.86. The molecular weight excluding hydrogens is 266 g/mol. The monoisotopic (exact) mass is 283 g/mol. The van der Waals surface area contributed by atoms with Crippen LogP contribution in [0.25, 0.3) is 0 Å². The topological polar surface area (TPSA) is 68.1 Å². The van der Waals surface area contributed by atoms with E-state index >= 15 is 0 Å². The van der Waals surface area contributed by atoms with E-state index in [0.29, 0.717) is 11.4 Å². The molecular formula is C16H17N3O2. The van der Waals surface area contributed by atoms with Crippen LogP contribution in [-0.2, 0) is 12.8 Å². The molecule has 1 aliphatic carbocycles. The number of nitro groups is 1. The van der Waals surface area contributed by atoms with Gasteiger partial charge in [-0.3, -0.25) is 10.1 Å². The van der Waals surface area contributed by atoms with Gasteiger partial charge in [0.2, 0.25) is 5.82 Å². The van der Waals surface area contributed by atoms with Crippen LogP contribution in [-0.4, -0.2) is 9.91 Å². The van der Waals surface area contributed by atoms with Gasteiger partial charge in [-0.05, 0) is 62.4 Å². The summed E-state index contributed by atoms with van der Waals surface area (Å²) in [5.74, 6) is 0.315. The molecule has 0 fully saturated rings. The second-order valence-corrected chi connectivity index (χ2v) is 5.50. The molecule has 2 aromatic rings. The summed E-state index contributed by atoms with van der Waals surface area (Å²) in [6.07, 6.45) is 3.38. The molecule has 1 N–H and O–H groups in total. The van der Waals surface area contributed by atoms with Gasteiger partial charge in [0.15, 0.2) is 0 Å². The second kappa shape index (κ2) is 5.16. The van der Waals surface area contributed by atoms with Crippen molar-refractivity contribution in [3.8, 4) is 0 Å². The highest BCUT2D eigenvalue weighted by Crippen LogP contribution is 2.31. The summed E-state index contributed by atoms with van der Waals surface area (Å²) >= 11 is 0. The van der Waals surface area contributed by atoms with Crippen molar-refractivity contribution in [1.29, 1.82) is 0 Å². The number of nitrogens with one attached hydrogen (secondary N) is 1. The number of nitrogens with zero attached hydrogens (tertiary/aromatic N) is 2. The van der Waals surface area contributed by atoms with Gasteiger partial charge >= 0.3 is 5.69 Å². The molecule has 108 valence electrons. The van der Waals surface area contributed by atoms with E-state index in [-0.39, 0.29) is 10.6 Å². The molecule has 0 spiro atoms. The minimum absolute atomic E-state index is 0.0427. The van der Waals surface area contributed by atoms with E-state index in [1.165, 1.54) is 17.5 Å². The van der Waals surface area contributed by atoms with Gasteiger partial charge in [-0.25, -0.2) is 4.98 Å². The maximum Gasteiger partial charge on any atom is 0.314 e. The molecule has 1 heterocycles. The molecule has 0 amide bonds. The lowest BCUT2D eigenvalue weighted by Crippen LogP contribution is -2.03. The van der Waals surface area contributed by atoms with E-state index in [9.17, 15) is 10.1 Å². The van der Waals surface area contributed by atoms with Crippen molar-refractivity contribution in [2.45, 2.75) is 33.1 Å². The summed E-state index contributed by atoms with van der Waals surface area (Å²) < 4.78 is 0. The van der Waals surface area contributed by atoms with Crippen LogP contribution in [0.4, 0.5) is 17.2 Å². The number of aryl methyl sites for hydroxylation is 4. The Morgan fingerprint density at radius 1 is 1.19 bits per heavy atom. The van der Waals surface area contributed by atoms with E-state index in [4.69, 9.17) is 0 Å². The van der Waals surface area contributed by atoms with Gasteiger partial charge in [-0.15, -0.1) is 0 Å². The zero-order valence-corrected chi connectivity index (χ0v) is 12.1. The van der Waals surface area contributed by atoms with E-state index < -0.39 is 0 Å². The third-order valence-corrected chi connectivity index (χ3v) is 3.86. The Kier molecular flexibility index (Phi) is 3.33. The third-order valence-electron chi connectivity index (χ3n) is 3.86. The smallest absolute Gasteiger partial charge is 0.314 e. The molecule has 21 heavy (non-hydrogen) atoms. The van der Waals surface area contributed by atoms with Gasteiger partial charge in [-0.2, -0.15) is 0 Å². The molecule has 0 atom stereocenters. The van der Waals surface area contributed by atoms with E-state index in [0.717, 1.165) is 24.2 Å². The van der Waals surface area contributed by atoms with Crippen LogP contribution < -0.4 is 5.32 Å². The number of anilines is 2.